The molecule has 2 saturated carbocycles. The van der Waals surface area contributed by atoms with E-state index >= 15 is 0 Å². The normalized spacial score (nSPS) is 25.5. The number of nitrogens with zero attached hydrogens (tertiary/aromatic N) is 1. The molecule has 2 aliphatic carbocycles. The summed E-state index contributed by atoms with van der Waals surface area (Å²) in [5.41, 5.74) is 1.08. The zero-order valence-corrected chi connectivity index (χ0v) is 34.0. The number of anilines is 1. The lowest BCUT2D eigenvalue weighted by molar-refractivity contribution is -0.125. The Morgan fingerprint density at radius 3 is 2.74 bits per heavy atom. The van der Waals surface area contributed by atoms with E-state index in [0.717, 1.165) is 56.1 Å². The second-order valence-electron chi connectivity index (χ2n) is 15.9. The lowest BCUT2D eigenvalue weighted by Gasteiger charge is -2.33. The number of phenols is 2. The molecule has 0 spiro atoms. The maximum atomic E-state index is 14.3. The number of likely N-dealkylation sites (N-methyl/N-ethyl adjacent to an activating group) is 1. The van der Waals surface area contributed by atoms with E-state index in [2.05, 4.69) is 38.2 Å². The van der Waals surface area contributed by atoms with E-state index in [1.807, 2.05) is 37.4 Å². The number of aliphatic imine (C=N–C) groups is 1. The molecule has 57 heavy (non-hydrogen) atoms. The van der Waals surface area contributed by atoms with Gasteiger partial charge in [0.25, 0.3) is 0 Å². The van der Waals surface area contributed by atoms with Crippen molar-refractivity contribution in [3.05, 3.63) is 53.6 Å². The van der Waals surface area contributed by atoms with E-state index in [4.69, 9.17) is 14.2 Å². The van der Waals surface area contributed by atoms with Crippen molar-refractivity contribution in [3.8, 4) is 35.0 Å². The van der Waals surface area contributed by atoms with Crippen LogP contribution < -0.4 is 30.7 Å². The third-order valence-electron chi connectivity index (χ3n) is 11.7. The highest BCUT2D eigenvalue weighted by Crippen LogP contribution is 2.49. The number of aromatic hydroxyl groups is 2. The Labute approximate surface area is 337 Å². The number of nitrogens with one attached hydrogen (secondary N) is 4. The molecule has 2 aromatic carbocycles. The molecule has 2 fully saturated rings. The number of phenolic OH excluding ortho intramolecular Hbond substituents is 2. The smallest absolute Gasteiger partial charge is 0.207 e. The summed E-state index contributed by atoms with van der Waals surface area (Å²) in [4.78, 5) is 18.6. The highest BCUT2D eigenvalue weighted by molar-refractivity contribution is 5.97. The average molecular weight is 790 g/mol. The summed E-state index contributed by atoms with van der Waals surface area (Å²) >= 11 is 0. The van der Waals surface area contributed by atoms with Crippen molar-refractivity contribution in [2.75, 3.05) is 52.8 Å². The molecule has 2 bridgehead atoms. The summed E-state index contributed by atoms with van der Waals surface area (Å²) in [5.74, 6) is 4.86. The van der Waals surface area contributed by atoms with Crippen LogP contribution in [0.5, 0.6) is 23.0 Å². The van der Waals surface area contributed by atoms with Crippen molar-refractivity contribution in [1.29, 1.82) is 0 Å². The maximum absolute atomic E-state index is 14.3. The summed E-state index contributed by atoms with van der Waals surface area (Å²) < 4.78 is 18.3. The molecule has 0 saturated heterocycles. The Morgan fingerprint density at radius 2 is 1.98 bits per heavy atom. The van der Waals surface area contributed by atoms with Crippen molar-refractivity contribution in [1.82, 2.24) is 16.0 Å². The molecule has 1 aliphatic heterocycles. The quantitative estimate of drug-likeness (QED) is 0.0663. The fraction of sp³-hybridized carbons (Fsp3) is 0.591. The van der Waals surface area contributed by atoms with Gasteiger partial charge in [-0.3, -0.25) is 20.4 Å². The van der Waals surface area contributed by atoms with Crippen LogP contribution in [-0.2, 0) is 22.4 Å². The number of aryl methyl sites for hydroxylation is 1. The SMILES string of the molecule is CN=C1NC#CCC2CCCC2(Cc2ccc(O)c(OC)c2)C(=O)C=CCCc2cc(c(O)c(OC3(CNC)CCC(CCOC(CCO)NCC(C)O)C3)c2)N1. The molecule has 1 heterocycles. The number of ether oxygens (including phenoxy) is 3. The van der Waals surface area contributed by atoms with Gasteiger partial charge in [0, 0.05) is 57.7 Å². The molecule has 3 aliphatic rings. The van der Waals surface area contributed by atoms with Crippen molar-refractivity contribution >= 4 is 17.4 Å². The van der Waals surface area contributed by atoms with Crippen LogP contribution in [0, 0.1) is 29.2 Å². The number of fused-ring (bicyclic) bond motifs is 3. The Bertz CT molecular complexity index is 1770. The number of aliphatic hydroxyl groups excluding tert-OH is 2. The monoisotopic (exact) mass is 789 g/mol. The molecule has 0 aromatic heterocycles. The largest absolute Gasteiger partial charge is 0.504 e. The van der Waals surface area contributed by atoms with Gasteiger partial charge in [-0.2, -0.15) is 0 Å². The third-order valence-corrected chi connectivity index (χ3v) is 11.7. The number of ketones is 1. The molecule has 5 rings (SSSR count). The predicted octanol–water partition coefficient (Wildman–Crippen LogP) is 4.77. The number of carbonyl (C=O) groups excluding carboxylic acids is 1. The zero-order valence-electron chi connectivity index (χ0n) is 34.0. The first-order chi connectivity index (χ1) is 27.5. The summed E-state index contributed by atoms with van der Waals surface area (Å²) in [7, 11) is 5.07. The predicted molar refractivity (Wildman–Crippen MR) is 222 cm³/mol. The number of guanidine groups is 1. The number of aliphatic hydroxyl groups is 2. The van der Waals surface area contributed by atoms with Crippen molar-refractivity contribution in [2.45, 2.75) is 102 Å². The van der Waals surface area contributed by atoms with Crippen molar-refractivity contribution < 1.29 is 39.4 Å². The number of rotatable bonds is 16. The first-order valence-electron chi connectivity index (χ1n) is 20.4. The van der Waals surface area contributed by atoms with E-state index in [9.17, 15) is 25.2 Å². The van der Waals surface area contributed by atoms with E-state index in [-0.39, 0.29) is 36.0 Å². The van der Waals surface area contributed by atoms with Crippen LogP contribution >= 0.6 is 0 Å². The fourth-order valence-corrected chi connectivity index (χ4v) is 8.75. The van der Waals surface area contributed by atoms with Gasteiger partial charge in [0.15, 0.2) is 28.8 Å². The first-order valence-corrected chi connectivity index (χ1v) is 20.4. The van der Waals surface area contributed by atoms with Gasteiger partial charge in [-0.1, -0.05) is 24.5 Å². The van der Waals surface area contributed by atoms with Crippen LogP contribution in [0.2, 0.25) is 0 Å². The molecule has 2 aromatic rings. The minimum atomic E-state index is -0.638. The van der Waals surface area contributed by atoms with Gasteiger partial charge >= 0.3 is 0 Å². The molecule has 312 valence electrons. The minimum absolute atomic E-state index is 0.0115. The number of benzene rings is 2. The minimum Gasteiger partial charge on any atom is -0.504 e. The molecule has 6 atom stereocenters. The Hall–Kier alpha value is -4.32. The van der Waals surface area contributed by atoms with Gasteiger partial charge in [-0.05, 0) is 125 Å². The van der Waals surface area contributed by atoms with E-state index in [0.29, 0.717) is 80.9 Å². The fourth-order valence-electron chi connectivity index (χ4n) is 8.75. The lowest BCUT2D eigenvalue weighted by Crippen LogP contribution is -2.43. The summed E-state index contributed by atoms with van der Waals surface area (Å²) in [6, 6.07) is 12.1. The number of hydrogen-bond donors (Lipinski definition) is 8. The molecule has 13 nitrogen and oxygen atoms in total. The maximum Gasteiger partial charge on any atom is 0.207 e. The molecule has 13 heteroatoms. The Morgan fingerprint density at radius 1 is 1.14 bits per heavy atom. The molecule has 6 unspecified atom stereocenters. The highest BCUT2D eigenvalue weighted by Gasteiger charge is 2.47. The van der Waals surface area contributed by atoms with Crippen LogP contribution in [0.3, 0.4) is 0 Å². The second-order valence-corrected chi connectivity index (χ2v) is 15.9. The Kier molecular flexibility index (Phi) is 16.1. The number of methoxy groups -OCH3 is 1. The first kappa shape index (κ1) is 43.8. The van der Waals surface area contributed by atoms with Crippen LogP contribution in [-0.4, -0.2) is 97.6 Å². The Balaban J connectivity index is 1.35. The van der Waals surface area contributed by atoms with Crippen molar-refractivity contribution in [2.24, 2.45) is 22.2 Å². The van der Waals surface area contributed by atoms with Crippen LogP contribution in [0.1, 0.15) is 82.3 Å². The lowest BCUT2D eigenvalue weighted by atomic mass is 9.69. The molecule has 0 radical (unpaired) electrons. The third kappa shape index (κ3) is 11.6. The van der Waals surface area contributed by atoms with Gasteiger partial charge < -0.3 is 45.3 Å². The molecule has 8 N–H and O–H groups in total. The van der Waals surface area contributed by atoms with Crippen molar-refractivity contribution in [3.63, 3.8) is 0 Å². The standard InChI is InChI=1S/C44H63N5O8/c1-30(51)28-48-40(16-21-50)56-22-17-31-15-19-43(26-31,29-45-2)57-38-24-32-9-5-6-12-39(53)44(27-33-13-14-36(52)37(25-33)55-4)18-7-10-34(44)11-8-20-47-42(46-3)49-35(23-32)41(38)54/h6,12-14,23-25,30-31,34,40,45,48,50-52,54H,5,7,9-11,15-19,21-22,26-29H2,1-4H3,(H2,46,47,49). The van der Waals surface area contributed by atoms with Crippen LogP contribution in [0.25, 0.3) is 0 Å². The van der Waals surface area contributed by atoms with E-state index < -0.39 is 17.1 Å². The van der Waals surface area contributed by atoms with Gasteiger partial charge in [-0.15, -0.1) is 0 Å². The van der Waals surface area contributed by atoms with E-state index in [1.165, 1.54) is 7.11 Å². The number of hydrogen-bond acceptors (Lipinski definition) is 11. The summed E-state index contributed by atoms with van der Waals surface area (Å²) in [6.07, 6.45) is 11.4. The average Bonchev–Trinajstić information content (AvgIpc) is 3.79. The van der Waals surface area contributed by atoms with Gasteiger partial charge in [-0.25, -0.2) is 0 Å². The number of allylic oxidation sites excluding steroid dienone is 2. The number of carbonyl (C=O) groups is 1. The van der Waals surface area contributed by atoms with Crippen LogP contribution in [0.4, 0.5) is 5.69 Å². The molecular weight excluding hydrogens is 727 g/mol. The van der Waals surface area contributed by atoms with Gasteiger partial charge in [0.05, 0.1) is 18.9 Å². The summed E-state index contributed by atoms with van der Waals surface area (Å²) in [6.45, 7) is 3.17. The molecular formula is C44H63N5O8. The van der Waals surface area contributed by atoms with Gasteiger partial charge in [0.2, 0.25) is 5.96 Å². The second kappa shape index (κ2) is 20.9. The van der Waals surface area contributed by atoms with Gasteiger partial charge in [0.1, 0.15) is 11.8 Å². The zero-order chi connectivity index (χ0) is 40.8. The summed E-state index contributed by atoms with van der Waals surface area (Å²) in [5, 5.41) is 53.8. The highest BCUT2D eigenvalue weighted by atomic mass is 16.5. The molecule has 0 amide bonds. The van der Waals surface area contributed by atoms with E-state index in [1.54, 1.807) is 26.1 Å². The van der Waals surface area contributed by atoms with Crippen LogP contribution in [0.15, 0.2) is 47.5 Å². The topological polar surface area (TPSA) is 186 Å².